The van der Waals surface area contributed by atoms with Crippen molar-refractivity contribution in [3.63, 3.8) is 0 Å². The van der Waals surface area contributed by atoms with Crippen LogP contribution < -0.4 is 0 Å². The summed E-state index contributed by atoms with van der Waals surface area (Å²) in [6.45, 7) is 25.7. The maximum atomic E-state index is 2.67. The molecule has 0 aliphatic heterocycles. The zero-order chi connectivity index (χ0) is 22.5. The Morgan fingerprint density at radius 1 is 1.00 bits per heavy atom. The lowest BCUT2D eigenvalue weighted by atomic mass is 9.43. The van der Waals surface area contributed by atoms with E-state index < -0.39 is 0 Å². The van der Waals surface area contributed by atoms with Gasteiger partial charge in [-0.15, -0.1) is 0 Å². The van der Waals surface area contributed by atoms with Crippen LogP contribution in [-0.2, 0) is 0 Å². The summed E-state index contributed by atoms with van der Waals surface area (Å²) in [5, 5.41) is 0. The van der Waals surface area contributed by atoms with Crippen molar-refractivity contribution < 1.29 is 0 Å². The lowest BCUT2D eigenvalue weighted by molar-refractivity contribution is -0.141. The van der Waals surface area contributed by atoms with Crippen molar-refractivity contribution >= 4 is 0 Å². The highest BCUT2D eigenvalue weighted by Crippen LogP contribution is 2.76. The van der Waals surface area contributed by atoms with Gasteiger partial charge in [0.25, 0.3) is 0 Å². The predicted octanol–water partition coefficient (Wildman–Crippen LogP) is 9.63. The molecule has 0 amide bonds. The molecule has 9 unspecified atom stereocenters. The molecular weight excluding hydrogens is 360 g/mol. The molecular formula is C30H56. The first-order valence-electron chi connectivity index (χ1n) is 13.9. The Hall–Kier alpha value is 0. The van der Waals surface area contributed by atoms with E-state index in [0.29, 0.717) is 16.2 Å². The number of hydrogen-bond donors (Lipinski definition) is 0. The summed E-state index contributed by atoms with van der Waals surface area (Å²) >= 11 is 0. The van der Waals surface area contributed by atoms with Gasteiger partial charge in [-0.25, -0.2) is 0 Å². The maximum Gasteiger partial charge on any atom is -0.0205 e. The summed E-state index contributed by atoms with van der Waals surface area (Å²) < 4.78 is 0. The standard InChI is InChI=1S/C30H56/c1-11-13-14-24(12-2)22(6)29(10,20(3)4)18-28(8,9)19-30-21(5)17-25-15-16-26(23(30)7)27(25)30/h20-27H,11-19H2,1-10H3. The average Bonchev–Trinajstić information content (AvgIpc) is 3.15. The van der Waals surface area contributed by atoms with Gasteiger partial charge in [0.1, 0.15) is 0 Å². The lowest BCUT2D eigenvalue weighted by Gasteiger charge is -2.62. The highest BCUT2D eigenvalue weighted by atomic mass is 14.7. The van der Waals surface area contributed by atoms with Crippen molar-refractivity contribution in [2.24, 2.45) is 63.6 Å². The molecule has 0 heteroatoms. The SMILES string of the molecule is CCCCC(CC)C(C)C(C)(CC(C)(C)CC12C(C)CC3CCC(C1C)C32)C(C)C. The second-order valence-corrected chi connectivity index (χ2v) is 13.8. The number of rotatable bonds is 11. The van der Waals surface area contributed by atoms with E-state index in [2.05, 4.69) is 69.2 Å². The molecule has 176 valence electrons. The Bertz CT molecular complexity index is 571. The van der Waals surface area contributed by atoms with Gasteiger partial charge in [0, 0.05) is 0 Å². The molecule has 3 aliphatic carbocycles. The van der Waals surface area contributed by atoms with E-state index in [1.54, 1.807) is 12.8 Å². The van der Waals surface area contributed by atoms with Gasteiger partial charge in [-0.05, 0) is 95.7 Å². The minimum absolute atomic E-state index is 0.442. The Balaban J connectivity index is 1.79. The van der Waals surface area contributed by atoms with E-state index in [-0.39, 0.29) is 0 Å². The molecule has 0 radical (unpaired) electrons. The van der Waals surface area contributed by atoms with Crippen molar-refractivity contribution in [3.8, 4) is 0 Å². The molecule has 0 heterocycles. The predicted molar refractivity (Wildman–Crippen MR) is 134 cm³/mol. The van der Waals surface area contributed by atoms with Crippen LogP contribution in [0.2, 0.25) is 0 Å². The number of unbranched alkanes of at least 4 members (excludes halogenated alkanes) is 1. The Morgan fingerprint density at radius 2 is 1.67 bits per heavy atom. The fourth-order valence-corrected chi connectivity index (χ4v) is 9.89. The van der Waals surface area contributed by atoms with Gasteiger partial charge in [0.2, 0.25) is 0 Å². The topological polar surface area (TPSA) is 0 Å². The molecule has 3 saturated carbocycles. The fraction of sp³-hybridized carbons (Fsp3) is 1.00. The molecule has 30 heavy (non-hydrogen) atoms. The molecule has 0 aromatic carbocycles. The molecule has 0 spiro atoms. The molecule has 9 atom stereocenters. The summed E-state index contributed by atoms with van der Waals surface area (Å²) in [5.41, 5.74) is 1.56. The first-order chi connectivity index (χ1) is 13.9. The van der Waals surface area contributed by atoms with Gasteiger partial charge >= 0.3 is 0 Å². The van der Waals surface area contributed by atoms with Gasteiger partial charge in [-0.2, -0.15) is 0 Å². The smallest absolute Gasteiger partial charge is 0.0205 e. The maximum absolute atomic E-state index is 2.67. The molecule has 3 aliphatic rings. The third-order valence-electron chi connectivity index (χ3n) is 11.7. The average molecular weight is 417 g/mol. The van der Waals surface area contributed by atoms with Crippen molar-refractivity contribution in [3.05, 3.63) is 0 Å². The van der Waals surface area contributed by atoms with Crippen LogP contribution in [0.5, 0.6) is 0 Å². The van der Waals surface area contributed by atoms with E-state index in [1.807, 2.05) is 0 Å². The van der Waals surface area contributed by atoms with Crippen molar-refractivity contribution in [2.75, 3.05) is 0 Å². The van der Waals surface area contributed by atoms with Crippen LogP contribution in [0.25, 0.3) is 0 Å². The third kappa shape index (κ3) is 3.83. The van der Waals surface area contributed by atoms with E-state index in [0.717, 1.165) is 47.3 Å². The Kier molecular flexibility index (Phi) is 7.18. The summed E-state index contributed by atoms with van der Waals surface area (Å²) in [7, 11) is 0. The van der Waals surface area contributed by atoms with Crippen molar-refractivity contribution in [1.29, 1.82) is 0 Å². The lowest BCUT2D eigenvalue weighted by Crippen LogP contribution is -2.56. The molecule has 0 aromatic rings. The monoisotopic (exact) mass is 416 g/mol. The van der Waals surface area contributed by atoms with Crippen LogP contribution in [0.4, 0.5) is 0 Å². The second kappa shape index (κ2) is 8.74. The second-order valence-electron chi connectivity index (χ2n) is 13.8. The van der Waals surface area contributed by atoms with Crippen LogP contribution in [-0.4, -0.2) is 0 Å². The molecule has 0 N–H and O–H groups in total. The van der Waals surface area contributed by atoms with E-state index >= 15 is 0 Å². The van der Waals surface area contributed by atoms with Gasteiger partial charge < -0.3 is 0 Å². The summed E-state index contributed by atoms with van der Waals surface area (Å²) in [6, 6.07) is 0. The first kappa shape index (κ1) is 24.6. The van der Waals surface area contributed by atoms with Gasteiger partial charge in [-0.3, -0.25) is 0 Å². The zero-order valence-corrected chi connectivity index (χ0v) is 22.5. The normalized spacial score (nSPS) is 39.5. The molecule has 3 rings (SSSR count). The molecule has 0 nitrogen and oxygen atoms in total. The highest BCUT2D eigenvalue weighted by molar-refractivity contribution is 5.18. The molecule has 0 bridgehead atoms. The summed E-state index contributed by atoms with van der Waals surface area (Å²) in [5.74, 6) is 7.62. The van der Waals surface area contributed by atoms with Crippen molar-refractivity contribution in [2.45, 2.75) is 127 Å². The molecule has 0 saturated heterocycles. The highest BCUT2D eigenvalue weighted by Gasteiger charge is 2.70. The van der Waals surface area contributed by atoms with Crippen molar-refractivity contribution in [1.82, 2.24) is 0 Å². The Morgan fingerprint density at radius 3 is 2.23 bits per heavy atom. The third-order valence-corrected chi connectivity index (χ3v) is 11.7. The minimum Gasteiger partial charge on any atom is -0.0654 e. The summed E-state index contributed by atoms with van der Waals surface area (Å²) in [4.78, 5) is 0. The molecule has 0 aromatic heterocycles. The van der Waals surface area contributed by atoms with Crippen LogP contribution in [0.1, 0.15) is 127 Å². The van der Waals surface area contributed by atoms with Crippen LogP contribution in [0.15, 0.2) is 0 Å². The molecule has 3 fully saturated rings. The van der Waals surface area contributed by atoms with Crippen LogP contribution in [0, 0.1) is 63.6 Å². The van der Waals surface area contributed by atoms with E-state index in [1.165, 1.54) is 44.9 Å². The van der Waals surface area contributed by atoms with Gasteiger partial charge in [-0.1, -0.05) is 94.9 Å². The largest absolute Gasteiger partial charge is 0.0654 e. The van der Waals surface area contributed by atoms with Gasteiger partial charge in [0.05, 0.1) is 0 Å². The minimum atomic E-state index is 0.442. The quantitative estimate of drug-likeness (QED) is 0.314. The van der Waals surface area contributed by atoms with E-state index in [4.69, 9.17) is 0 Å². The number of hydrogen-bond acceptors (Lipinski definition) is 0. The van der Waals surface area contributed by atoms with Crippen LogP contribution >= 0.6 is 0 Å². The first-order valence-corrected chi connectivity index (χ1v) is 13.9. The summed E-state index contributed by atoms with van der Waals surface area (Å²) in [6.07, 6.45) is 13.1. The van der Waals surface area contributed by atoms with Gasteiger partial charge in [0.15, 0.2) is 0 Å². The van der Waals surface area contributed by atoms with E-state index in [9.17, 15) is 0 Å². The zero-order valence-electron chi connectivity index (χ0n) is 22.5. The Labute approximate surface area is 190 Å². The van der Waals surface area contributed by atoms with Crippen LogP contribution in [0.3, 0.4) is 0 Å². The fourth-order valence-electron chi connectivity index (χ4n) is 9.89.